The fourth-order valence-corrected chi connectivity index (χ4v) is 4.11. The molecular weight excluding hydrogens is 395 g/mol. The molecule has 7 nitrogen and oxygen atoms in total. The zero-order chi connectivity index (χ0) is 22.3. The Bertz CT molecular complexity index is 1160. The fourth-order valence-electron chi connectivity index (χ4n) is 4.11. The molecule has 0 aliphatic heterocycles. The molecule has 0 saturated carbocycles. The van der Waals surface area contributed by atoms with Gasteiger partial charge in [-0.25, -0.2) is 4.98 Å². The molecule has 0 saturated heterocycles. The largest absolute Gasteiger partial charge is 0.382 e. The molecule has 3 N–H and O–H groups in total. The van der Waals surface area contributed by atoms with Gasteiger partial charge in [0.2, 0.25) is 5.91 Å². The number of amides is 1. The van der Waals surface area contributed by atoms with E-state index in [2.05, 4.69) is 39.3 Å². The maximum atomic E-state index is 13.9. The summed E-state index contributed by atoms with van der Waals surface area (Å²) >= 11 is 0. The molecule has 0 radical (unpaired) electrons. The average Bonchev–Trinajstić information content (AvgIpc) is 3.26. The first-order valence-corrected chi connectivity index (χ1v) is 10.7. The molecule has 4 rings (SSSR count). The molecular formula is C23H29FN6O. The zero-order valence-corrected chi connectivity index (χ0v) is 18.5. The quantitative estimate of drug-likeness (QED) is 0.613. The molecule has 3 aromatic rings. The van der Waals surface area contributed by atoms with Crippen molar-refractivity contribution in [3.63, 3.8) is 0 Å². The summed E-state index contributed by atoms with van der Waals surface area (Å²) in [5.41, 5.74) is 11.4. The Hall–Kier alpha value is -3.03. The number of halogens is 1. The van der Waals surface area contributed by atoms with Gasteiger partial charge in [-0.05, 0) is 48.4 Å². The molecule has 2 heterocycles. The minimum Gasteiger partial charge on any atom is -0.382 e. The highest BCUT2D eigenvalue weighted by molar-refractivity contribution is 5.82. The van der Waals surface area contributed by atoms with Gasteiger partial charge >= 0.3 is 6.08 Å². The number of imidazole rings is 1. The second-order valence-electron chi connectivity index (χ2n) is 9.31. The number of fused-ring (bicyclic) bond motifs is 2. The standard InChI is InChI=1S/C23H29FN6O/c1-13-10-14-6-5-7-15(14)11-16(13)12-17-27-18-19(25)28-22(24)29-20(18)30(17)9-8-26-21(31)23(2,3)4/h10-11H,5-9,12H2,1-4H3,(H,26,31)(H2,25,28,29). The van der Waals surface area contributed by atoms with Crippen molar-refractivity contribution in [2.75, 3.05) is 12.3 Å². The normalized spacial score (nSPS) is 13.6. The number of nitrogen functional groups attached to an aromatic ring is 1. The Labute approximate surface area is 181 Å². The van der Waals surface area contributed by atoms with Gasteiger partial charge in [0.05, 0.1) is 0 Å². The molecule has 0 fully saturated rings. The van der Waals surface area contributed by atoms with Gasteiger partial charge in [-0.3, -0.25) is 4.79 Å². The molecule has 164 valence electrons. The van der Waals surface area contributed by atoms with E-state index in [4.69, 9.17) is 5.73 Å². The molecule has 1 aromatic carbocycles. The van der Waals surface area contributed by atoms with E-state index in [0.29, 0.717) is 30.7 Å². The average molecular weight is 425 g/mol. The number of hydrogen-bond donors (Lipinski definition) is 2. The summed E-state index contributed by atoms with van der Waals surface area (Å²) in [6, 6.07) is 4.53. The molecule has 1 amide bonds. The van der Waals surface area contributed by atoms with E-state index in [1.165, 1.54) is 28.7 Å². The molecule has 8 heteroatoms. The lowest BCUT2D eigenvalue weighted by Gasteiger charge is -2.18. The van der Waals surface area contributed by atoms with Crippen LogP contribution in [0.5, 0.6) is 0 Å². The number of benzene rings is 1. The van der Waals surface area contributed by atoms with Gasteiger partial charge in [0.25, 0.3) is 0 Å². The first kappa shape index (κ1) is 21.2. The summed E-state index contributed by atoms with van der Waals surface area (Å²) in [6.07, 6.45) is 3.11. The van der Waals surface area contributed by atoms with E-state index in [-0.39, 0.29) is 11.7 Å². The monoisotopic (exact) mass is 424 g/mol. The summed E-state index contributed by atoms with van der Waals surface area (Å²) in [6.45, 7) is 8.48. The van der Waals surface area contributed by atoms with Crippen molar-refractivity contribution in [3.8, 4) is 0 Å². The van der Waals surface area contributed by atoms with Crippen LogP contribution in [-0.4, -0.2) is 32.0 Å². The van der Waals surface area contributed by atoms with Crippen LogP contribution in [0.25, 0.3) is 11.2 Å². The molecule has 1 aliphatic rings. The zero-order valence-electron chi connectivity index (χ0n) is 18.5. The van der Waals surface area contributed by atoms with Crippen molar-refractivity contribution in [1.29, 1.82) is 0 Å². The molecule has 1 aliphatic carbocycles. The van der Waals surface area contributed by atoms with Crippen molar-refractivity contribution in [2.24, 2.45) is 5.41 Å². The molecule has 0 unspecified atom stereocenters. The third-order valence-electron chi connectivity index (χ3n) is 5.87. The van der Waals surface area contributed by atoms with Gasteiger partial charge in [0.1, 0.15) is 5.82 Å². The number of aromatic nitrogens is 4. The predicted molar refractivity (Wildman–Crippen MR) is 118 cm³/mol. The van der Waals surface area contributed by atoms with E-state index in [9.17, 15) is 9.18 Å². The number of carbonyl (C=O) groups excluding carboxylic acids is 1. The van der Waals surface area contributed by atoms with E-state index in [1.54, 1.807) is 0 Å². The number of anilines is 1. The Morgan fingerprint density at radius 2 is 1.90 bits per heavy atom. The molecule has 31 heavy (non-hydrogen) atoms. The number of hydrogen-bond acceptors (Lipinski definition) is 5. The highest BCUT2D eigenvalue weighted by Gasteiger charge is 2.22. The van der Waals surface area contributed by atoms with Crippen LogP contribution in [0.4, 0.5) is 10.2 Å². The Morgan fingerprint density at radius 3 is 2.61 bits per heavy atom. The summed E-state index contributed by atoms with van der Waals surface area (Å²) in [4.78, 5) is 24.5. The highest BCUT2D eigenvalue weighted by atomic mass is 19.1. The van der Waals surface area contributed by atoms with Gasteiger partial charge in [0.15, 0.2) is 17.0 Å². The van der Waals surface area contributed by atoms with Crippen molar-refractivity contribution in [2.45, 2.75) is 59.9 Å². The number of nitrogens with two attached hydrogens (primary N) is 1. The SMILES string of the molecule is Cc1cc2c(cc1Cc1nc3c(N)nc(F)nc3n1CCNC(=O)C(C)(C)C)CCC2. The Balaban J connectivity index is 1.68. The van der Waals surface area contributed by atoms with E-state index in [1.807, 2.05) is 25.3 Å². The minimum absolute atomic E-state index is 0.0203. The first-order chi connectivity index (χ1) is 14.6. The third kappa shape index (κ3) is 4.24. The van der Waals surface area contributed by atoms with Gasteiger partial charge in [-0.1, -0.05) is 32.9 Å². The van der Waals surface area contributed by atoms with Crippen LogP contribution in [-0.2, 0) is 30.6 Å². The maximum absolute atomic E-state index is 13.9. The van der Waals surface area contributed by atoms with E-state index in [0.717, 1.165) is 18.7 Å². The van der Waals surface area contributed by atoms with Crippen LogP contribution in [0.2, 0.25) is 0 Å². The minimum atomic E-state index is -0.884. The van der Waals surface area contributed by atoms with Crippen molar-refractivity contribution in [3.05, 3.63) is 46.3 Å². The summed E-state index contributed by atoms with van der Waals surface area (Å²) in [7, 11) is 0. The first-order valence-electron chi connectivity index (χ1n) is 10.7. The molecule has 0 bridgehead atoms. The molecule has 2 aromatic heterocycles. The second kappa shape index (κ2) is 7.90. The topological polar surface area (TPSA) is 98.7 Å². The summed E-state index contributed by atoms with van der Waals surface area (Å²) < 4.78 is 15.8. The van der Waals surface area contributed by atoms with Crippen LogP contribution >= 0.6 is 0 Å². The van der Waals surface area contributed by atoms with Crippen molar-refractivity contribution in [1.82, 2.24) is 24.8 Å². The number of carbonyl (C=O) groups is 1. The molecule has 0 atom stereocenters. The summed E-state index contributed by atoms with van der Waals surface area (Å²) in [5.74, 6) is 0.702. The smallest absolute Gasteiger partial charge is 0.312 e. The number of nitrogens with zero attached hydrogens (tertiary/aromatic N) is 4. The third-order valence-corrected chi connectivity index (χ3v) is 5.87. The van der Waals surface area contributed by atoms with Gasteiger partial charge in [-0.2, -0.15) is 14.4 Å². The van der Waals surface area contributed by atoms with Gasteiger partial charge < -0.3 is 15.6 Å². The number of nitrogens with one attached hydrogen (secondary N) is 1. The van der Waals surface area contributed by atoms with Gasteiger partial charge in [0, 0.05) is 24.9 Å². The lowest BCUT2D eigenvalue weighted by atomic mass is 9.96. The highest BCUT2D eigenvalue weighted by Crippen LogP contribution is 2.28. The van der Waals surface area contributed by atoms with Crippen LogP contribution in [0.1, 0.15) is 55.3 Å². The van der Waals surface area contributed by atoms with E-state index < -0.39 is 11.5 Å². The Kier molecular flexibility index (Phi) is 5.41. The second-order valence-corrected chi connectivity index (χ2v) is 9.31. The number of rotatable bonds is 5. The van der Waals surface area contributed by atoms with Gasteiger partial charge in [-0.15, -0.1) is 0 Å². The van der Waals surface area contributed by atoms with Crippen LogP contribution in [0, 0.1) is 18.4 Å². The fraction of sp³-hybridized carbons (Fsp3) is 0.478. The van der Waals surface area contributed by atoms with Crippen LogP contribution in [0.15, 0.2) is 12.1 Å². The molecule has 0 spiro atoms. The Morgan fingerprint density at radius 1 is 1.19 bits per heavy atom. The maximum Gasteiger partial charge on any atom is 0.312 e. The van der Waals surface area contributed by atoms with E-state index >= 15 is 0 Å². The van der Waals surface area contributed by atoms with Crippen molar-refractivity contribution >= 4 is 22.9 Å². The predicted octanol–water partition coefficient (Wildman–Crippen LogP) is 3.10. The van der Waals surface area contributed by atoms with Crippen molar-refractivity contribution < 1.29 is 9.18 Å². The summed E-state index contributed by atoms with van der Waals surface area (Å²) in [5, 5.41) is 2.94. The lowest BCUT2D eigenvalue weighted by Crippen LogP contribution is -2.36. The number of aryl methyl sites for hydroxylation is 3. The van der Waals surface area contributed by atoms with Crippen LogP contribution < -0.4 is 11.1 Å². The van der Waals surface area contributed by atoms with Crippen LogP contribution in [0.3, 0.4) is 0 Å². The lowest BCUT2D eigenvalue weighted by molar-refractivity contribution is -0.128.